The Morgan fingerprint density at radius 2 is 1.80 bits per heavy atom. The van der Waals surface area contributed by atoms with E-state index in [1.165, 1.54) is 6.20 Å². The molecule has 0 atom stereocenters. The van der Waals surface area contributed by atoms with Crippen molar-refractivity contribution in [2.24, 2.45) is 0 Å². The Bertz CT molecular complexity index is 1050. The lowest BCUT2D eigenvalue weighted by Crippen LogP contribution is -2.14. The highest BCUT2D eigenvalue weighted by Gasteiger charge is 2.38. The number of H-pyrrole nitrogens is 1. The van der Waals surface area contributed by atoms with Crippen LogP contribution in [0.2, 0.25) is 0 Å². The predicted octanol–water partition coefficient (Wildman–Crippen LogP) is 4.74. The minimum atomic E-state index is -4.57. The number of halogens is 3. The maximum atomic E-state index is 13.4. The van der Waals surface area contributed by atoms with Crippen LogP contribution >= 0.6 is 0 Å². The van der Waals surface area contributed by atoms with Gasteiger partial charge in [0, 0.05) is 5.69 Å². The van der Waals surface area contributed by atoms with Gasteiger partial charge in [0.2, 0.25) is 5.82 Å². The molecule has 4 rings (SSSR count). The highest BCUT2D eigenvalue weighted by atomic mass is 19.4. The van der Waals surface area contributed by atoms with Crippen molar-refractivity contribution < 1.29 is 13.2 Å². The number of aromatic nitrogens is 4. The molecule has 2 aromatic heterocycles. The van der Waals surface area contributed by atoms with Crippen LogP contribution in [-0.2, 0) is 6.18 Å². The lowest BCUT2D eigenvalue weighted by Gasteiger charge is -2.12. The zero-order chi connectivity index (χ0) is 17.6. The van der Waals surface area contributed by atoms with Gasteiger partial charge in [-0.05, 0) is 36.8 Å². The number of rotatable bonds is 2. The van der Waals surface area contributed by atoms with Gasteiger partial charge >= 0.3 is 6.18 Å². The van der Waals surface area contributed by atoms with E-state index in [0.717, 1.165) is 15.6 Å². The van der Waals surface area contributed by atoms with Crippen molar-refractivity contribution in [3.8, 4) is 17.2 Å². The molecule has 0 aliphatic rings. The molecule has 0 unspecified atom stereocenters. The highest BCUT2D eigenvalue weighted by Crippen LogP contribution is 2.34. The maximum absolute atomic E-state index is 13.4. The summed E-state index contributed by atoms with van der Waals surface area (Å²) in [5.74, 6) is -0.641. The summed E-state index contributed by atoms with van der Waals surface area (Å²) in [5.41, 5.74) is 3.13. The fourth-order valence-corrected chi connectivity index (χ4v) is 2.80. The highest BCUT2D eigenvalue weighted by molar-refractivity contribution is 5.79. The molecule has 4 aromatic rings. The van der Waals surface area contributed by atoms with Crippen molar-refractivity contribution in [2.45, 2.75) is 13.1 Å². The van der Waals surface area contributed by atoms with Crippen molar-refractivity contribution in [1.29, 1.82) is 0 Å². The number of hydrogen-bond donors (Lipinski definition) is 1. The summed E-state index contributed by atoms with van der Waals surface area (Å²) in [6, 6.07) is 14.0. The summed E-state index contributed by atoms with van der Waals surface area (Å²) < 4.78 is 41.3. The van der Waals surface area contributed by atoms with Gasteiger partial charge in [0.15, 0.2) is 5.82 Å². The lowest BCUT2D eigenvalue weighted by molar-refractivity contribution is -0.145. The second kappa shape index (κ2) is 5.47. The number of benzene rings is 2. The topological polar surface area (TPSA) is 46.5 Å². The van der Waals surface area contributed by atoms with Crippen LogP contribution in [0.5, 0.6) is 0 Å². The Hall–Kier alpha value is -3.09. The molecule has 1 N–H and O–H groups in total. The van der Waals surface area contributed by atoms with Gasteiger partial charge in [0.05, 0.1) is 17.2 Å². The first-order valence-corrected chi connectivity index (χ1v) is 7.60. The Labute approximate surface area is 141 Å². The molecular weight excluding hydrogens is 329 g/mol. The number of imidazole rings is 2. The van der Waals surface area contributed by atoms with Gasteiger partial charge in [-0.15, -0.1) is 0 Å². The van der Waals surface area contributed by atoms with Crippen molar-refractivity contribution in [3.63, 3.8) is 0 Å². The summed E-state index contributed by atoms with van der Waals surface area (Å²) in [6.45, 7) is 1.94. The van der Waals surface area contributed by atoms with Gasteiger partial charge in [0.25, 0.3) is 0 Å². The van der Waals surface area contributed by atoms with E-state index in [0.29, 0.717) is 17.0 Å². The van der Waals surface area contributed by atoms with E-state index in [4.69, 9.17) is 0 Å². The molecule has 25 heavy (non-hydrogen) atoms. The fraction of sp³-hybridized carbons (Fsp3) is 0.111. The minimum Gasteiger partial charge on any atom is -0.337 e. The van der Waals surface area contributed by atoms with Gasteiger partial charge in [-0.1, -0.05) is 24.3 Å². The van der Waals surface area contributed by atoms with E-state index in [9.17, 15) is 13.2 Å². The van der Waals surface area contributed by atoms with Crippen LogP contribution in [0.25, 0.3) is 28.2 Å². The number of hydrogen-bond acceptors (Lipinski definition) is 2. The average molecular weight is 342 g/mol. The number of aromatic amines is 1. The molecule has 0 amide bonds. The van der Waals surface area contributed by atoms with Crippen LogP contribution < -0.4 is 0 Å². The molecule has 0 fully saturated rings. The molecule has 0 bridgehead atoms. The number of nitrogens with one attached hydrogen (secondary N) is 1. The largest absolute Gasteiger partial charge is 0.450 e. The second-order valence-corrected chi connectivity index (χ2v) is 5.74. The average Bonchev–Trinajstić information content (AvgIpc) is 3.18. The van der Waals surface area contributed by atoms with Crippen molar-refractivity contribution >= 4 is 11.0 Å². The summed E-state index contributed by atoms with van der Waals surface area (Å²) in [4.78, 5) is 11.1. The molecule has 0 aliphatic heterocycles. The minimum absolute atomic E-state index is 0.257. The van der Waals surface area contributed by atoms with Gasteiger partial charge in [-0.25, -0.2) is 9.97 Å². The third-order valence-corrected chi connectivity index (χ3v) is 3.91. The Morgan fingerprint density at radius 3 is 2.52 bits per heavy atom. The van der Waals surface area contributed by atoms with Crippen LogP contribution in [0.1, 0.15) is 11.4 Å². The van der Waals surface area contributed by atoms with Crippen LogP contribution in [0, 0.1) is 6.92 Å². The third-order valence-electron chi connectivity index (χ3n) is 3.91. The molecule has 0 saturated heterocycles. The van der Waals surface area contributed by atoms with E-state index in [1.54, 1.807) is 30.3 Å². The number of para-hydroxylation sites is 1. The quantitative estimate of drug-likeness (QED) is 0.572. The molecule has 4 nitrogen and oxygen atoms in total. The monoisotopic (exact) mass is 342 g/mol. The first-order chi connectivity index (χ1) is 11.9. The van der Waals surface area contributed by atoms with E-state index in [1.807, 2.05) is 25.1 Å². The number of nitrogens with zero attached hydrogens (tertiary/aromatic N) is 3. The van der Waals surface area contributed by atoms with Gasteiger partial charge < -0.3 is 4.98 Å². The van der Waals surface area contributed by atoms with E-state index in [-0.39, 0.29) is 5.69 Å². The van der Waals surface area contributed by atoms with Crippen LogP contribution in [-0.4, -0.2) is 19.5 Å². The molecule has 126 valence electrons. The summed E-state index contributed by atoms with van der Waals surface area (Å²) >= 11 is 0. The van der Waals surface area contributed by atoms with Crippen LogP contribution in [0.4, 0.5) is 13.2 Å². The molecule has 0 aliphatic carbocycles. The molecule has 0 saturated carbocycles. The van der Waals surface area contributed by atoms with Gasteiger partial charge in [-0.3, -0.25) is 4.57 Å². The summed E-state index contributed by atoms with van der Waals surface area (Å²) in [7, 11) is 0. The zero-order valence-corrected chi connectivity index (χ0v) is 13.2. The number of aryl methyl sites for hydroxylation is 1. The predicted molar refractivity (Wildman–Crippen MR) is 88.4 cm³/mol. The Balaban J connectivity index is 1.96. The normalized spacial score (nSPS) is 12.0. The van der Waals surface area contributed by atoms with Crippen molar-refractivity contribution in [2.75, 3.05) is 0 Å². The Kier molecular flexibility index (Phi) is 3.38. The molecule has 2 heterocycles. The first-order valence-electron chi connectivity index (χ1n) is 7.60. The van der Waals surface area contributed by atoms with E-state index >= 15 is 0 Å². The molecule has 0 radical (unpaired) electrons. The van der Waals surface area contributed by atoms with Gasteiger partial charge in [-0.2, -0.15) is 13.2 Å². The Morgan fingerprint density at radius 1 is 1.04 bits per heavy atom. The number of alkyl halides is 3. The summed E-state index contributed by atoms with van der Waals surface area (Å²) in [5, 5.41) is 0. The lowest BCUT2D eigenvalue weighted by atomic mass is 10.2. The van der Waals surface area contributed by atoms with E-state index < -0.39 is 12.0 Å². The SMILES string of the molecule is Cc1ccc2nc(-c3cnc(C(F)(F)F)n3-c3ccccc3)[nH]c2c1. The standard InChI is InChI=1S/C18H13F3N4/c1-11-7-8-13-14(9-11)24-16(23-13)15-10-22-17(18(19,20)21)25(15)12-5-3-2-4-6-12/h2-10H,1H3,(H,23,24). The van der Waals surface area contributed by atoms with Gasteiger partial charge in [0.1, 0.15) is 5.69 Å². The maximum Gasteiger partial charge on any atom is 0.450 e. The van der Waals surface area contributed by atoms with Crippen LogP contribution in [0.15, 0.2) is 54.7 Å². The van der Waals surface area contributed by atoms with Crippen molar-refractivity contribution in [3.05, 3.63) is 66.1 Å². The molecule has 0 spiro atoms. The second-order valence-electron chi connectivity index (χ2n) is 5.74. The van der Waals surface area contributed by atoms with Crippen molar-refractivity contribution in [1.82, 2.24) is 19.5 Å². The smallest absolute Gasteiger partial charge is 0.337 e. The number of fused-ring (bicyclic) bond motifs is 1. The van der Waals surface area contributed by atoms with E-state index in [2.05, 4.69) is 15.0 Å². The molecular formula is C18H13F3N4. The first kappa shape index (κ1) is 15.4. The fourth-order valence-electron chi connectivity index (χ4n) is 2.80. The zero-order valence-electron chi connectivity index (χ0n) is 13.2. The summed E-state index contributed by atoms with van der Waals surface area (Å²) in [6.07, 6.45) is -3.38. The molecule has 7 heteroatoms. The molecule has 2 aromatic carbocycles. The van der Waals surface area contributed by atoms with Crippen LogP contribution in [0.3, 0.4) is 0 Å². The third kappa shape index (κ3) is 2.67.